The quantitative estimate of drug-likeness (QED) is 0.802. The fourth-order valence-electron chi connectivity index (χ4n) is 2.81. The summed E-state index contributed by atoms with van der Waals surface area (Å²) in [6.45, 7) is 5.65. The summed E-state index contributed by atoms with van der Waals surface area (Å²) in [5.41, 5.74) is 0.257. The van der Waals surface area contributed by atoms with E-state index in [-0.39, 0.29) is 17.4 Å². The molecular weight excluding hydrogens is 232 g/mol. The second-order valence-corrected chi connectivity index (χ2v) is 6.15. The SMILES string of the molecule is CC1CN(C(=O)NCC2(C)CCC2)CC1C(=O)O. The van der Waals surface area contributed by atoms with Gasteiger partial charge in [0.2, 0.25) is 0 Å². The van der Waals surface area contributed by atoms with Crippen LogP contribution in [0.2, 0.25) is 0 Å². The Hall–Kier alpha value is -1.26. The summed E-state index contributed by atoms with van der Waals surface area (Å²) in [6, 6.07) is -0.112. The van der Waals surface area contributed by atoms with E-state index in [1.165, 1.54) is 19.3 Å². The second kappa shape index (κ2) is 4.78. The molecule has 0 aromatic heterocycles. The van der Waals surface area contributed by atoms with Crippen molar-refractivity contribution in [3.05, 3.63) is 0 Å². The number of urea groups is 1. The van der Waals surface area contributed by atoms with Gasteiger partial charge in [0.15, 0.2) is 0 Å². The minimum absolute atomic E-state index is 0.0348. The van der Waals surface area contributed by atoms with Gasteiger partial charge in [-0.15, -0.1) is 0 Å². The molecule has 2 unspecified atom stereocenters. The largest absolute Gasteiger partial charge is 0.481 e. The van der Waals surface area contributed by atoms with Crippen molar-refractivity contribution < 1.29 is 14.7 Å². The Morgan fingerprint density at radius 3 is 2.50 bits per heavy atom. The van der Waals surface area contributed by atoms with Gasteiger partial charge < -0.3 is 15.3 Å². The molecule has 1 heterocycles. The van der Waals surface area contributed by atoms with Crippen molar-refractivity contribution in [2.75, 3.05) is 19.6 Å². The molecule has 1 saturated carbocycles. The smallest absolute Gasteiger partial charge is 0.317 e. The predicted octanol–water partition coefficient (Wildman–Crippen LogP) is 1.54. The molecule has 2 fully saturated rings. The van der Waals surface area contributed by atoms with Crippen molar-refractivity contribution in [1.29, 1.82) is 0 Å². The summed E-state index contributed by atoms with van der Waals surface area (Å²) in [5, 5.41) is 12.0. The van der Waals surface area contributed by atoms with Crippen LogP contribution in [0.3, 0.4) is 0 Å². The molecule has 1 aliphatic heterocycles. The number of carbonyl (C=O) groups excluding carboxylic acids is 1. The molecule has 1 saturated heterocycles. The van der Waals surface area contributed by atoms with Crippen LogP contribution >= 0.6 is 0 Å². The Labute approximate surface area is 108 Å². The summed E-state index contributed by atoms with van der Waals surface area (Å²) in [5.74, 6) is -1.19. The Bertz CT molecular complexity index is 352. The third-order valence-corrected chi connectivity index (χ3v) is 4.44. The number of likely N-dealkylation sites (tertiary alicyclic amines) is 1. The van der Waals surface area contributed by atoms with Gasteiger partial charge in [0.25, 0.3) is 0 Å². The van der Waals surface area contributed by atoms with Crippen LogP contribution < -0.4 is 5.32 Å². The molecule has 2 rings (SSSR count). The molecular formula is C13H22N2O3. The zero-order chi connectivity index (χ0) is 13.3. The summed E-state index contributed by atoms with van der Waals surface area (Å²) in [4.78, 5) is 24.6. The van der Waals surface area contributed by atoms with Crippen molar-refractivity contribution >= 4 is 12.0 Å². The minimum atomic E-state index is -0.802. The highest BCUT2D eigenvalue weighted by Gasteiger charge is 2.38. The van der Waals surface area contributed by atoms with Gasteiger partial charge in [-0.2, -0.15) is 0 Å². The van der Waals surface area contributed by atoms with Gasteiger partial charge in [0.1, 0.15) is 0 Å². The topological polar surface area (TPSA) is 69.6 Å². The third kappa shape index (κ3) is 2.60. The molecule has 2 N–H and O–H groups in total. The highest BCUT2D eigenvalue weighted by molar-refractivity contribution is 5.77. The lowest BCUT2D eigenvalue weighted by atomic mass is 9.70. The summed E-state index contributed by atoms with van der Waals surface area (Å²) in [6.07, 6.45) is 3.58. The van der Waals surface area contributed by atoms with E-state index in [0.29, 0.717) is 19.6 Å². The van der Waals surface area contributed by atoms with Gasteiger partial charge in [-0.3, -0.25) is 4.79 Å². The van der Waals surface area contributed by atoms with E-state index in [1.807, 2.05) is 6.92 Å². The lowest BCUT2D eigenvalue weighted by molar-refractivity contribution is -0.142. The van der Waals surface area contributed by atoms with E-state index in [0.717, 1.165) is 0 Å². The number of nitrogens with one attached hydrogen (secondary N) is 1. The lowest BCUT2D eigenvalue weighted by Gasteiger charge is -2.38. The lowest BCUT2D eigenvalue weighted by Crippen LogP contribution is -2.45. The van der Waals surface area contributed by atoms with Crippen LogP contribution in [-0.4, -0.2) is 41.6 Å². The van der Waals surface area contributed by atoms with Crippen molar-refractivity contribution in [3.63, 3.8) is 0 Å². The van der Waals surface area contributed by atoms with Crippen LogP contribution in [0, 0.1) is 17.3 Å². The van der Waals surface area contributed by atoms with Crippen molar-refractivity contribution in [2.24, 2.45) is 17.3 Å². The number of amides is 2. The fraction of sp³-hybridized carbons (Fsp3) is 0.846. The van der Waals surface area contributed by atoms with Crippen LogP contribution in [0.1, 0.15) is 33.1 Å². The maximum atomic E-state index is 12.0. The van der Waals surface area contributed by atoms with E-state index in [9.17, 15) is 9.59 Å². The van der Waals surface area contributed by atoms with Gasteiger partial charge in [0, 0.05) is 19.6 Å². The highest BCUT2D eigenvalue weighted by Crippen LogP contribution is 2.39. The van der Waals surface area contributed by atoms with E-state index >= 15 is 0 Å². The van der Waals surface area contributed by atoms with E-state index < -0.39 is 11.9 Å². The van der Waals surface area contributed by atoms with E-state index in [4.69, 9.17) is 5.11 Å². The van der Waals surface area contributed by atoms with Gasteiger partial charge in [-0.1, -0.05) is 20.3 Å². The van der Waals surface area contributed by atoms with Gasteiger partial charge >= 0.3 is 12.0 Å². The monoisotopic (exact) mass is 254 g/mol. The Morgan fingerprint density at radius 2 is 2.06 bits per heavy atom. The molecule has 2 atom stereocenters. The Balaban J connectivity index is 1.81. The van der Waals surface area contributed by atoms with Gasteiger partial charge in [-0.05, 0) is 24.2 Å². The van der Waals surface area contributed by atoms with Gasteiger partial charge in [-0.25, -0.2) is 4.79 Å². The maximum Gasteiger partial charge on any atom is 0.317 e. The molecule has 2 amide bonds. The molecule has 5 nitrogen and oxygen atoms in total. The average Bonchev–Trinajstić information content (AvgIpc) is 2.65. The molecule has 0 bridgehead atoms. The maximum absolute atomic E-state index is 12.0. The van der Waals surface area contributed by atoms with Crippen molar-refractivity contribution in [2.45, 2.75) is 33.1 Å². The number of nitrogens with zero attached hydrogens (tertiary/aromatic N) is 1. The number of carbonyl (C=O) groups is 2. The Morgan fingerprint density at radius 1 is 1.39 bits per heavy atom. The van der Waals surface area contributed by atoms with Crippen LogP contribution in [0.5, 0.6) is 0 Å². The summed E-state index contributed by atoms with van der Waals surface area (Å²) in [7, 11) is 0. The van der Waals surface area contributed by atoms with Crippen LogP contribution in [0.15, 0.2) is 0 Å². The van der Waals surface area contributed by atoms with Crippen molar-refractivity contribution in [3.8, 4) is 0 Å². The van der Waals surface area contributed by atoms with E-state index in [1.54, 1.807) is 4.90 Å². The molecule has 2 aliphatic rings. The van der Waals surface area contributed by atoms with Crippen LogP contribution in [-0.2, 0) is 4.79 Å². The summed E-state index contributed by atoms with van der Waals surface area (Å²) >= 11 is 0. The first kappa shape index (κ1) is 13.2. The zero-order valence-corrected chi connectivity index (χ0v) is 11.1. The summed E-state index contributed by atoms with van der Waals surface area (Å²) < 4.78 is 0. The van der Waals surface area contributed by atoms with Crippen molar-refractivity contribution in [1.82, 2.24) is 10.2 Å². The van der Waals surface area contributed by atoms with Crippen LogP contribution in [0.25, 0.3) is 0 Å². The Kier molecular flexibility index (Phi) is 3.50. The number of hydrogen-bond donors (Lipinski definition) is 2. The number of rotatable bonds is 3. The molecule has 5 heteroatoms. The zero-order valence-electron chi connectivity index (χ0n) is 11.1. The third-order valence-electron chi connectivity index (χ3n) is 4.44. The number of aliphatic carboxylic acids is 1. The highest BCUT2D eigenvalue weighted by atomic mass is 16.4. The first-order valence-electron chi connectivity index (χ1n) is 6.67. The normalized spacial score (nSPS) is 29.8. The first-order chi connectivity index (χ1) is 8.41. The molecule has 0 aromatic rings. The van der Waals surface area contributed by atoms with Gasteiger partial charge in [0.05, 0.1) is 5.92 Å². The predicted molar refractivity (Wildman–Crippen MR) is 67.2 cm³/mol. The average molecular weight is 254 g/mol. The standard InChI is InChI=1S/C13H22N2O3/c1-9-6-15(7-10(9)11(16)17)12(18)14-8-13(2)4-3-5-13/h9-10H,3-8H2,1-2H3,(H,14,18)(H,16,17). The fourth-order valence-corrected chi connectivity index (χ4v) is 2.81. The number of hydrogen-bond acceptors (Lipinski definition) is 2. The first-order valence-corrected chi connectivity index (χ1v) is 6.67. The number of carboxylic acids is 1. The van der Waals surface area contributed by atoms with E-state index in [2.05, 4.69) is 12.2 Å². The second-order valence-electron chi connectivity index (χ2n) is 6.15. The molecule has 1 aliphatic carbocycles. The molecule has 0 spiro atoms. The number of carboxylic acid groups (broad SMARTS) is 1. The molecule has 18 heavy (non-hydrogen) atoms. The molecule has 0 radical (unpaired) electrons. The minimum Gasteiger partial charge on any atom is -0.481 e. The molecule has 0 aromatic carbocycles. The van der Waals surface area contributed by atoms with Crippen LogP contribution in [0.4, 0.5) is 4.79 Å². The molecule has 102 valence electrons.